The third kappa shape index (κ3) is 4.15. The SMILES string of the molecule is CC(=O)N1CC2CCCCC(NC(=O)c3nccc4ccccc34)C(=O)N2C(C(=O)O)C1. The van der Waals surface area contributed by atoms with Gasteiger partial charge in [-0.15, -0.1) is 0 Å². The molecule has 4 rings (SSSR count). The highest BCUT2D eigenvalue weighted by atomic mass is 16.4. The normalized spacial score (nSPS) is 23.8. The number of hydrogen-bond acceptors (Lipinski definition) is 5. The highest BCUT2D eigenvalue weighted by molar-refractivity contribution is 6.06. The molecule has 2 fully saturated rings. The summed E-state index contributed by atoms with van der Waals surface area (Å²) in [5.41, 5.74) is 0.227. The average molecular weight is 438 g/mol. The van der Waals surface area contributed by atoms with Gasteiger partial charge in [0.1, 0.15) is 17.8 Å². The average Bonchev–Trinajstić information content (AvgIpc) is 2.78. The molecule has 2 saturated heterocycles. The molecule has 9 nitrogen and oxygen atoms in total. The van der Waals surface area contributed by atoms with Gasteiger partial charge >= 0.3 is 5.97 Å². The van der Waals surface area contributed by atoms with Gasteiger partial charge in [-0.2, -0.15) is 0 Å². The molecule has 9 heteroatoms. The second-order valence-electron chi connectivity index (χ2n) is 8.37. The molecule has 2 aliphatic rings. The van der Waals surface area contributed by atoms with E-state index >= 15 is 0 Å². The number of nitrogens with zero attached hydrogens (tertiary/aromatic N) is 3. The molecule has 3 heterocycles. The second kappa shape index (κ2) is 8.94. The number of carbonyl (C=O) groups is 4. The van der Waals surface area contributed by atoms with Gasteiger partial charge < -0.3 is 20.2 Å². The van der Waals surface area contributed by atoms with E-state index in [-0.39, 0.29) is 18.1 Å². The number of aromatic nitrogens is 1. The Morgan fingerprint density at radius 3 is 2.59 bits per heavy atom. The summed E-state index contributed by atoms with van der Waals surface area (Å²) in [5, 5.41) is 14.1. The summed E-state index contributed by atoms with van der Waals surface area (Å²) in [6, 6.07) is 6.80. The van der Waals surface area contributed by atoms with Crippen LogP contribution in [0.3, 0.4) is 0 Å². The maximum absolute atomic E-state index is 13.5. The van der Waals surface area contributed by atoms with Crippen LogP contribution in [0.5, 0.6) is 0 Å². The van der Waals surface area contributed by atoms with E-state index < -0.39 is 35.9 Å². The molecule has 2 aliphatic heterocycles. The Bertz CT molecular complexity index is 1070. The van der Waals surface area contributed by atoms with Crippen LogP contribution in [0.4, 0.5) is 0 Å². The number of piperazine rings is 1. The molecule has 2 aromatic rings. The number of pyridine rings is 1. The molecule has 3 atom stereocenters. The first-order chi connectivity index (χ1) is 15.4. The molecule has 1 aromatic heterocycles. The van der Waals surface area contributed by atoms with Crippen LogP contribution in [0.25, 0.3) is 10.8 Å². The van der Waals surface area contributed by atoms with Gasteiger partial charge in [0.2, 0.25) is 11.8 Å². The van der Waals surface area contributed by atoms with Crippen LogP contribution < -0.4 is 5.32 Å². The summed E-state index contributed by atoms with van der Waals surface area (Å²) in [7, 11) is 0. The summed E-state index contributed by atoms with van der Waals surface area (Å²) in [6.45, 7) is 1.65. The van der Waals surface area contributed by atoms with Crippen LogP contribution >= 0.6 is 0 Å². The Labute approximate surface area is 185 Å². The monoisotopic (exact) mass is 438 g/mol. The summed E-state index contributed by atoms with van der Waals surface area (Å²) < 4.78 is 0. The Kier molecular flexibility index (Phi) is 6.07. The molecule has 2 N–H and O–H groups in total. The van der Waals surface area contributed by atoms with Gasteiger partial charge in [0.05, 0.1) is 12.6 Å². The van der Waals surface area contributed by atoms with Crippen molar-refractivity contribution in [1.29, 1.82) is 0 Å². The lowest BCUT2D eigenvalue weighted by atomic mass is 9.93. The van der Waals surface area contributed by atoms with E-state index in [1.54, 1.807) is 12.3 Å². The van der Waals surface area contributed by atoms with Crippen molar-refractivity contribution in [3.8, 4) is 0 Å². The summed E-state index contributed by atoms with van der Waals surface area (Å²) in [6.07, 6.45) is 4.06. The first kappa shape index (κ1) is 21.7. The van der Waals surface area contributed by atoms with E-state index in [1.807, 2.05) is 24.3 Å². The maximum Gasteiger partial charge on any atom is 0.328 e. The third-order valence-electron chi connectivity index (χ3n) is 6.31. The van der Waals surface area contributed by atoms with E-state index in [4.69, 9.17) is 0 Å². The minimum absolute atomic E-state index is 0.0571. The fourth-order valence-electron chi connectivity index (χ4n) is 4.68. The van der Waals surface area contributed by atoms with E-state index in [9.17, 15) is 24.3 Å². The quantitative estimate of drug-likeness (QED) is 0.748. The number of carbonyl (C=O) groups excluding carboxylic acids is 3. The lowest BCUT2D eigenvalue weighted by Gasteiger charge is -2.47. The van der Waals surface area contributed by atoms with Gasteiger partial charge in [-0.3, -0.25) is 19.4 Å². The number of hydrogen-bond donors (Lipinski definition) is 2. The topological polar surface area (TPSA) is 120 Å². The lowest BCUT2D eigenvalue weighted by Crippen LogP contribution is -2.67. The van der Waals surface area contributed by atoms with Crippen molar-refractivity contribution in [2.45, 2.75) is 50.7 Å². The summed E-state index contributed by atoms with van der Waals surface area (Å²) >= 11 is 0. The Morgan fingerprint density at radius 2 is 1.84 bits per heavy atom. The zero-order valence-corrected chi connectivity index (χ0v) is 17.9. The highest BCUT2D eigenvalue weighted by Gasteiger charge is 2.44. The smallest absolute Gasteiger partial charge is 0.328 e. The number of fused-ring (bicyclic) bond motifs is 2. The van der Waals surface area contributed by atoms with Gasteiger partial charge in [-0.1, -0.05) is 37.1 Å². The van der Waals surface area contributed by atoms with E-state index in [1.165, 1.54) is 16.7 Å². The number of amides is 3. The minimum Gasteiger partial charge on any atom is -0.480 e. The molecule has 3 amide bonds. The second-order valence-corrected chi connectivity index (χ2v) is 8.37. The first-order valence-electron chi connectivity index (χ1n) is 10.8. The van der Waals surface area contributed by atoms with E-state index in [0.717, 1.165) is 11.8 Å². The Hall–Kier alpha value is -3.49. The predicted octanol–water partition coefficient (Wildman–Crippen LogP) is 1.42. The standard InChI is InChI=1S/C23H26N4O5/c1-14(28)26-12-16-7-3-5-9-18(22(30)27(16)19(13-26)23(31)32)25-21(29)20-17-8-4-2-6-15(17)10-11-24-20/h2,4,6,8,10-11,16,18-19H,3,5,7,9,12-13H2,1H3,(H,25,29)(H,31,32). The van der Waals surface area contributed by atoms with Crippen LogP contribution in [0.1, 0.15) is 43.1 Å². The van der Waals surface area contributed by atoms with Gasteiger partial charge in [0.25, 0.3) is 5.91 Å². The molecule has 0 aliphatic carbocycles. The first-order valence-corrected chi connectivity index (χ1v) is 10.8. The van der Waals surface area contributed by atoms with Gasteiger partial charge in [-0.25, -0.2) is 4.79 Å². The van der Waals surface area contributed by atoms with Crippen LogP contribution in [0, 0.1) is 0 Å². The van der Waals surface area contributed by atoms with Crippen molar-refractivity contribution in [1.82, 2.24) is 20.1 Å². The maximum atomic E-state index is 13.5. The van der Waals surface area contributed by atoms with Crippen molar-refractivity contribution in [3.63, 3.8) is 0 Å². The van der Waals surface area contributed by atoms with Crippen LogP contribution in [0.2, 0.25) is 0 Å². The Balaban J connectivity index is 1.61. The largest absolute Gasteiger partial charge is 0.480 e. The minimum atomic E-state index is -1.16. The fraction of sp³-hybridized carbons (Fsp3) is 0.435. The van der Waals surface area contributed by atoms with Crippen LogP contribution in [-0.2, 0) is 14.4 Å². The highest BCUT2D eigenvalue weighted by Crippen LogP contribution is 2.26. The fourth-order valence-corrected chi connectivity index (χ4v) is 4.68. The molecule has 1 aromatic carbocycles. The van der Waals surface area contributed by atoms with Crippen LogP contribution in [-0.4, -0.2) is 74.8 Å². The number of rotatable bonds is 3. The number of nitrogens with one attached hydrogen (secondary N) is 1. The van der Waals surface area contributed by atoms with E-state index in [2.05, 4.69) is 10.3 Å². The third-order valence-corrected chi connectivity index (χ3v) is 6.31. The predicted molar refractivity (Wildman–Crippen MR) is 116 cm³/mol. The van der Waals surface area contributed by atoms with Crippen molar-refractivity contribution in [2.75, 3.05) is 13.1 Å². The lowest BCUT2D eigenvalue weighted by molar-refractivity contribution is -0.161. The summed E-state index contributed by atoms with van der Waals surface area (Å²) in [5.74, 6) is -2.25. The zero-order chi connectivity index (χ0) is 22.8. The number of benzene rings is 1. The van der Waals surface area contributed by atoms with Gasteiger partial charge in [0.15, 0.2) is 0 Å². The summed E-state index contributed by atoms with van der Waals surface area (Å²) in [4.78, 5) is 57.5. The van der Waals surface area contributed by atoms with Crippen LogP contribution in [0.15, 0.2) is 36.5 Å². The van der Waals surface area contributed by atoms with Crippen molar-refractivity contribution < 1.29 is 24.3 Å². The molecular formula is C23H26N4O5. The molecule has 3 unspecified atom stereocenters. The zero-order valence-electron chi connectivity index (χ0n) is 17.9. The molecule has 0 saturated carbocycles. The molecular weight excluding hydrogens is 412 g/mol. The van der Waals surface area contributed by atoms with Gasteiger partial charge in [-0.05, 0) is 24.3 Å². The van der Waals surface area contributed by atoms with E-state index in [0.29, 0.717) is 31.2 Å². The van der Waals surface area contributed by atoms with Gasteiger partial charge in [0, 0.05) is 25.1 Å². The molecule has 0 bridgehead atoms. The van der Waals surface area contributed by atoms with Crippen molar-refractivity contribution in [3.05, 3.63) is 42.2 Å². The molecule has 168 valence electrons. The molecule has 32 heavy (non-hydrogen) atoms. The number of carboxylic acid groups (broad SMARTS) is 1. The molecule has 0 radical (unpaired) electrons. The van der Waals surface area contributed by atoms with Crippen molar-refractivity contribution >= 4 is 34.5 Å². The number of aliphatic carboxylic acids is 1. The Morgan fingerprint density at radius 1 is 1.09 bits per heavy atom. The molecule has 0 spiro atoms. The van der Waals surface area contributed by atoms with Crippen molar-refractivity contribution in [2.24, 2.45) is 0 Å². The number of carboxylic acids is 1.